The highest BCUT2D eigenvalue weighted by atomic mass is 16.2. The molecular formula is C17H30N2O2. The van der Waals surface area contributed by atoms with Crippen LogP contribution in [0.4, 0.5) is 0 Å². The summed E-state index contributed by atoms with van der Waals surface area (Å²) >= 11 is 0. The quantitative estimate of drug-likeness (QED) is 0.766. The fraction of sp³-hybridized carbons (Fsp3) is 0.882. The summed E-state index contributed by atoms with van der Waals surface area (Å²) in [5.74, 6) is 0.849. The number of hydrogen-bond acceptors (Lipinski definition) is 3. The Morgan fingerprint density at radius 2 is 1.86 bits per heavy atom. The first-order chi connectivity index (χ1) is 10.1. The van der Waals surface area contributed by atoms with Crippen LogP contribution in [-0.2, 0) is 9.59 Å². The van der Waals surface area contributed by atoms with Crippen molar-refractivity contribution in [3.8, 4) is 0 Å². The zero-order chi connectivity index (χ0) is 15.4. The molecule has 21 heavy (non-hydrogen) atoms. The van der Waals surface area contributed by atoms with Crippen molar-refractivity contribution in [3.63, 3.8) is 0 Å². The molecule has 2 aliphatic rings. The van der Waals surface area contributed by atoms with E-state index >= 15 is 0 Å². The Hall–Kier alpha value is -0.900. The van der Waals surface area contributed by atoms with Crippen molar-refractivity contribution >= 4 is 11.8 Å². The van der Waals surface area contributed by atoms with Crippen molar-refractivity contribution in [1.29, 1.82) is 0 Å². The molecule has 0 bridgehead atoms. The van der Waals surface area contributed by atoms with E-state index in [-0.39, 0.29) is 23.9 Å². The van der Waals surface area contributed by atoms with Crippen LogP contribution in [0.15, 0.2) is 0 Å². The molecule has 0 aromatic rings. The van der Waals surface area contributed by atoms with Crippen molar-refractivity contribution in [2.45, 2.75) is 90.3 Å². The van der Waals surface area contributed by atoms with E-state index in [0.717, 1.165) is 25.2 Å². The fourth-order valence-electron chi connectivity index (χ4n) is 3.74. The largest absolute Gasteiger partial charge is 0.303 e. The van der Waals surface area contributed by atoms with Gasteiger partial charge in [-0.1, -0.05) is 26.7 Å². The molecule has 0 spiro atoms. The van der Waals surface area contributed by atoms with Crippen LogP contribution < -0.4 is 5.32 Å². The van der Waals surface area contributed by atoms with Gasteiger partial charge in [-0.25, -0.2) is 0 Å². The summed E-state index contributed by atoms with van der Waals surface area (Å²) in [4.78, 5) is 25.9. The molecule has 2 fully saturated rings. The lowest BCUT2D eigenvalue weighted by Gasteiger charge is -2.30. The van der Waals surface area contributed by atoms with Crippen LogP contribution in [0.25, 0.3) is 0 Å². The fourth-order valence-corrected chi connectivity index (χ4v) is 3.74. The standard InChI is InChI=1S/C17H30N2O2/c1-4-6-13-7-9-14(10-8-13)18-15-11-16(20)19(17(15)21)12(3)5-2/h12-15,18H,4-11H2,1-3H3. The van der Waals surface area contributed by atoms with Crippen molar-refractivity contribution < 1.29 is 9.59 Å². The summed E-state index contributed by atoms with van der Waals surface area (Å²) in [6.07, 6.45) is 8.57. The number of nitrogens with zero attached hydrogens (tertiary/aromatic N) is 1. The molecule has 4 heteroatoms. The molecule has 1 saturated carbocycles. The third kappa shape index (κ3) is 3.85. The lowest BCUT2D eigenvalue weighted by Crippen LogP contribution is -2.46. The molecule has 2 rings (SSSR count). The van der Waals surface area contributed by atoms with Gasteiger partial charge < -0.3 is 5.32 Å². The van der Waals surface area contributed by atoms with Crippen LogP contribution in [0, 0.1) is 5.92 Å². The molecule has 2 amide bonds. The molecule has 2 unspecified atom stereocenters. The van der Waals surface area contributed by atoms with E-state index in [9.17, 15) is 9.59 Å². The topological polar surface area (TPSA) is 49.4 Å². The van der Waals surface area contributed by atoms with Crippen molar-refractivity contribution in [3.05, 3.63) is 0 Å². The summed E-state index contributed by atoms with van der Waals surface area (Å²) in [5.41, 5.74) is 0. The van der Waals surface area contributed by atoms with Gasteiger partial charge in [0.1, 0.15) is 0 Å². The van der Waals surface area contributed by atoms with Gasteiger partial charge in [0.2, 0.25) is 11.8 Å². The normalized spacial score (nSPS) is 31.8. The minimum absolute atomic E-state index is 0.00785. The predicted molar refractivity (Wildman–Crippen MR) is 83.8 cm³/mol. The maximum absolute atomic E-state index is 12.4. The van der Waals surface area contributed by atoms with Crippen LogP contribution in [-0.4, -0.2) is 34.8 Å². The lowest BCUT2D eigenvalue weighted by atomic mass is 9.83. The van der Waals surface area contributed by atoms with Crippen LogP contribution in [0.2, 0.25) is 0 Å². The Morgan fingerprint density at radius 3 is 2.43 bits per heavy atom. The van der Waals surface area contributed by atoms with Crippen LogP contribution in [0.1, 0.15) is 72.1 Å². The summed E-state index contributed by atoms with van der Waals surface area (Å²) in [7, 11) is 0. The minimum Gasteiger partial charge on any atom is -0.303 e. The van der Waals surface area contributed by atoms with Crippen LogP contribution in [0.5, 0.6) is 0 Å². The number of amides is 2. The second-order valence-corrected chi connectivity index (χ2v) is 6.79. The molecule has 0 aromatic carbocycles. The Kier molecular flexibility index (Phi) is 5.80. The second-order valence-electron chi connectivity index (χ2n) is 6.79. The SMILES string of the molecule is CCCC1CCC(NC2CC(=O)N(C(C)CC)C2=O)CC1. The van der Waals surface area contributed by atoms with E-state index in [0.29, 0.717) is 12.5 Å². The smallest absolute Gasteiger partial charge is 0.247 e. The average molecular weight is 294 g/mol. The number of rotatable bonds is 6. The molecule has 1 aliphatic heterocycles. The summed E-state index contributed by atoms with van der Waals surface area (Å²) in [5, 5.41) is 3.46. The molecule has 120 valence electrons. The molecule has 1 N–H and O–H groups in total. The first-order valence-corrected chi connectivity index (χ1v) is 8.68. The van der Waals surface area contributed by atoms with Gasteiger partial charge in [0.25, 0.3) is 0 Å². The molecule has 1 heterocycles. The highest BCUT2D eigenvalue weighted by molar-refractivity contribution is 6.05. The lowest BCUT2D eigenvalue weighted by molar-refractivity contribution is -0.141. The van der Waals surface area contributed by atoms with E-state index in [1.54, 1.807) is 0 Å². The maximum atomic E-state index is 12.4. The van der Waals surface area contributed by atoms with Gasteiger partial charge in [0.15, 0.2) is 0 Å². The second kappa shape index (κ2) is 7.39. The van der Waals surface area contributed by atoms with Crippen molar-refractivity contribution in [1.82, 2.24) is 10.2 Å². The van der Waals surface area contributed by atoms with Gasteiger partial charge in [-0.2, -0.15) is 0 Å². The summed E-state index contributed by atoms with van der Waals surface area (Å²) in [6, 6.07) is 0.160. The Morgan fingerprint density at radius 1 is 1.19 bits per heavy atom. The predicted octanol–water partition coefficient (Wildman–Crippen LogP) is 2.86. The van der Waals surface area contributed by atoms with Gasteiger partial charge in [0, 0.05) is 12.1 Å². The molecule has 2 atom stereocenters. The maximum Gasteiger partial charge on any atom is 0.247 e. The summed E-state index contributed by atoms with van der Waals surface area (Å²) in [6.45, 7) is 6.21. The van der Waals surface area contributed by atoms with Gasteiger partial charge in [-0.3, -0.25) is 14.5 Å². The number of hydrogen-bond donors (Lipinski definition) is 1. The first kappa shape index (κ1) is 16.5. The third-order valence-corrected chi connectivity index (χ3v) is 5.20. The highest BCUT2D eigenvalue weighted by Gasteiger charge is 2.41. The van der Waals surface area contributed by atoms with Crippen LogP contribution >= 0.6 is 0 Å². The zero-order valence-corrected chi connectivity index (χ0v) is 13.7. The number of carbonyl (C=O) groups is 2. The van der Waals surface area contributed by atoms with Crippen molar-refractivity contribution in [2.24, 2.45) is 5.92 Å². The highest BCUT2D eigenvalue weighted by Crippen LogP contribution is 2.29. The molecule has 4 nitrogen and oxygen atoms in total. The molecule has 1 saturated heterocycles. The number of nitrogens with one attached hydrogen (secondary N) is 1. The van der Waals surface area contributed by atoms with E-state index in [1.807, 2.05) is 13.8 Å². The van der Waals surface area contributed by atoms with E-state index in [2.05, 4.69) is 12.2 Å². The minimum atomic E-state index is -0.278. The zero-order valence-electron chi connectivity index (χ0n) is 13.7. The number of imide groups is 1. The number of carbonyl (C=O) groups excluding carboxylic acids is 2. The van der Waals surface area contributed by atoms with E-state index in [4.69, 9.17) is 0 Å². The Balaban J connectivity index is 1.84. The molecule has 0 aromatic heterocycles. The molecule has 0 radical (unpaired) electrons. The first-order valence-electron chi connectivity index (χ1n) is 8.68. The monoisotopic (exact) mass is 294 g/mol. The van der Waals surface area contributed by atoms with Gasteiger partial charge in [-0.15, -0.1) is 0 Å². The van der Waals surface area contributed by atoms with Gasteiger partial charge >= 0.3 is 0 Å². The summed E-state index contributed by atoms with van der Waals surface area (Å²) < 4.78 is 0. The Labute approximate surface area is 128 Å². The Bertz CT molecular complexity index is 375. The van der Waals surface area contributed by atoms with E-state index in [1.165, 1.54) is 30.6 Å². The van der Waals surface area contributed by atoms with Gasteiger partial charge in [0.05, 0.1) is 12.5 Å². The molecular weight excluding hydrogens is 264 g/mol. The van der Waals surface area contributed by atoms with Crippen molar-refractivity contribution in [2.75, 3.05) is 0 Å². The third-order valence-electron chi connectivity index (χ3n) is 5.20. The molecule has 1 aliphatic carbocycles. The van der Waals surface area contributed by atoms with E-state index < -0.39 is 0 Å². The number of likely N-dealkylation sites (tertiary alicyclic amines) is 1. The average Bonchev–Trinajstić information content (AvgIpc) is 2.75. The van der Waals surface area contributed by atoms with Crippen LogP contribution in [0.3, 0.4) is 0 Å². The van der Waals surface area contributed by atoms with Gasteiger partial charge in [-0.05, 0) is 44.9 Å².